The maximum atomic E-state index is 12.6. The lowest BCUT2D eigenvalue weighted by molar-refractivity contribution is -0.384. The van der Waals surface area contributed by atoms with Crippen molar-refractivity contribution in [1.82, 2.24) is 5.32 Å². The van der Waals surface area contributed by atoms with Crippen molar-refractivity contribution in [2.24, 2.45) is 4.99 Å². The zero-order valence-corrected chi connectivity index (χ0v) is 20.9. The maximum Gasteiger partial charge on any atom is 0.296 e. The van der Waals surface area contributed by atoms with Crippen LogP contribution in [-0.4, -0.2) is 21.1 Å². The minimum Gasteiger partial charge on any atom is -0.507 e. The van der Waals surface area contributed by atoms with Crippen molar-refractivity contribution >= 4 is 51.9 Å². The molecule has 0 spiro atoms. The topological polar surface area (TPSA) is 105 Å². The van der Waals surface area contributed by atoms with E-state index < -0.39 is 4.92 Å². The van der Waals surface area contributed by atoms with Crippen molar-refractivity contribution in [3.05, 3.63) is 67.1 Å². The Hall–Kier alpha value is -2.84. The van der Waals surface area contributed by atoms with E-state index in [1.54, 1.807) is 6.08 Å². The lowest BCUT2D eigenvalue weighted by atomic mass is 9.78. The van der Waals surface area contributed by atoms with E-state index in [2.05, 4.69) is 10.3 Å². The summed E-state index contributed by atoms with van der Waals surface area (Å²) in [5.74, 6) is -0.0870. The van der Waals surface area contributed by atoms with E-state index in [4.69, 9.17) is 11.6 Å². The minimum absolute atomic E-state index is 0.100. The molecule has 33 heavy (non-hydrogen) atoms. The van der Waals surface area contributed by atoms with Crippen LogP contribution < -0.4 is 5.32 Å². The van der Waals surface area contributed by atoms with Gasteiger partial charge in [-0.25, -0.2) is 4.99 Å². The number of hydrogen-bond acceptors (Lipinski definition) is 6. The van der Waals surface area contributed by atoms with Gasteiger partial charge in [0.2, 0.25) is 0 Å². The van der Waals surface area contributed by atoms with Crippen LogP contribution in [-0.2, 0) is 15.6 Å². The van der Waals surface area contributed by atoms with E-state index in [-0.39, 0.29) is 44.1 Å². The minimum atomic E-state index is -0.567. The van der Waals surface area contributed by atoms with Crippen LogP contribution in [0.5, 0.6) is 5.75 Å². The highest BCUT2D eigenvalue weighted by Crippen LogP contribution is 2.41. The van der Waals surface area contributed by atoms with E-state index in [1.165, 1.54) is 18.2 Å². The Labute approximate surface area is 202 Å². The molecule has 1 saturated heterocycles. The van der Waals surface area contributed by atoms with Gasteiger partial charge in [0.1, 0.15) is 11.4 Å². The van der Waals surface area contributed by atoms with E-state index in [0.717, 1.165) is 28.5 Å². The van der Waals surface area contributed by atoms with Crippen LogP contribution in [0.4, 0.5) is 11.4 Å². The van der Waals surface area contributed by atoms with Crippen LogP contribution in [0.2, 0.25) is 5.02 Å². The SMILES string of the molecule is CC(C)(C)c1cc(/C=C2/SC(=Nc3ccc(Cl)cc3[N+](=O)[O-])NC2=O)cc(C(C)(C)C)c1O. The summed E-state index contributed by atoms with van der Waals surface area (Å²) in [7, 11) is 0. The van der Waals surface area contributed by atoms with Crippen molar-refractivity contribution in [3.8, 4) is 5.75 Å². The molecule has 1 aliphatic rings. The van der Waals surface area contributed by atoms with Crippen molar-refractivity contribution in [2.45, 2.75) is 52.4 Å². The Morgan fingerprint density at radius 2 is 1.67 bits per heavy atom. The van der Waals surface area contributed by atoms with Crippen LogP contribution >= 0.6 is 23.4 Å². The summed E-state index contributed by atoms with van der Waals surface area (Å²) in [5.41, 5.74) is 1.60. The monoisotopic (exact) mass is 487 g/mol. The van der Waals surface area contributed by atoms with Crippen LogP contribution in [0.25, 0.3) is 6.08 Å². The average Bonchev–Trinajstić information content (AvgIpc) is 3.01. The molecular weight excluding hydrogens is 462 g/mol. The molecule has 2 aromatic carbocycles. The number of phenols is 1. The molecule has 1 amide bonds. The number of carbonyl (C=O) groups excluding carboxylic acids is 1. The number of amides is 1. The number of amidine groups is 1. The smallest absolute Gasteiger partial charge is 0.296 e. The fourth-order valence-corrected chi connectivity index (χ4v) is 4.36. The predicted octanol–water partition coefficient (Wildman–Crippen LogP) is 6.44. The number of hydrogen-bond donors (Lipinski definition) is 2. The highest BCUT2D eigenvalue weighted by Gasteiger charge is 2.28. The van der Waals surface area contributed by atoms with Crippen LogP contribution in [0.15, 0.2) is 40.2 Å². The molecule has 2 N–H and O–H groups in total. The molecule has 0 aliphatic carbocycles. The lowest BCUT2D eigenvalue weighted by Gasteiger charge is -2.28. The molecular formula is C24H26ClN3O4S. The third kappa shape index (κ3) is 5.57. The fraction of sp³-hybridized carbons (Fsp3) is 0.333. The van der Waals surface area contributed by atoms with Gasteiger partial charge >= 0.3 is 0 Å². The first-order valence-corrected chi connectivity index (χ1v) is 11.5. The van der Waals surface area contributed by atoms with Gasteiger partial charge < -0.3 is 10.4 Å². The van der Waals surface area contributed by atoms with Gasteiger partial charge in [-0.2, -0.15) is 0 Å². The summed E-state index contributed by atoms with van der Waals surface area (Å²) < 4.78 is 0. The number of nitro benzene ring substituents is 1. The number of nitrogens with zero attached hydrogens (tertiary/aromatic N) is 2. The second-order valence-electron chi connectivity index (χ2n) is 9.84. The highest BCUT2D eigenvalue weighted by molar-refractivity contribution is 8.18. The zero-order valence-electron chi connectivity index (χ0n) is 19.3. The summed E-state index contributed by atoms with van der Waals surface area (Å²) in [6.45, 7) is 12.1. The molecule has 7 nitrogen and oxygen atoms in total. The van der Waals surface area contributed by atoms with E-state index in [9.17, 15) is 20.0 Å². The van der Waals surface area contributed by atoms with Gasteiger partial charge in [0.05, 0.1) is 9.83 Å². The van der Waals surface area contributed by atoms with Crippen molar-refractivity contribution in [1.29, 1.82) is 0 Å². The number of aliphatic imine (C=N–C) groups is 1. The summed E-state index contributed by atoms with van der Waals surface area (Å²) in [6.07, 6.45) is 1.74. The summed E-state index contributed by atoms with van der Waals surface area (Å²) >= 11 is 6.96. The van der Waals surface area contributed by atoms with Crippen LogP contribution in [0.3, 0.4) is 0 Å². The van der Waals surface area contributed by atoms with Gasteiger partial charge in [0, 0.05) is 22.2 Å². The predicted molar refractivity (Wildman–Crippen MR) is 134 cm³/mol. The number of nitro groups is 1. The fourth-order valence-electron chi connectivity index (χ4n) is 3.36. The molecule has 0 bridgehead atoms. The molecule has 0 saturated carbocycles. The summed E-state index contributed by atoms with van der Waals surface area (Å²) in [5, 5.41) is 25.3. The summed E-state index contributed by atoms with van der Waals surface area (Å²) in [4.78, 5) is 28.0. The molecule has 0 aromatic heterocycles. The van der Waals surface area contributed by atoms with Crippen molar-refractivity contribution in [3.63, 3.8) is 0 Å². The number of halogens is 1. The molecule has 9 heteroatoms. The molecule has 0 unspecified atom stereocenters. The number of thioether (sulfide) groups is 1. The Kier molecular flexibility index (Phi) is 6.64. The maximum absolute atomic E-state index is 12.6. The van der Waals surface area contributed by atoms with E-state index in [1.807, 2.05) is 53.7 Å². The molecule has 1 heterocycles. The molecule has 3 rings (SSSR count). The van der Waals surface area contributed by atoms with Gasteiger partial charge in [0.15, 0.2) is 5.17 Å². The second-order valence-corrected chi connectivity index (χ2v) is 11.3. The van der Waals surface area contributed by atoms with Gasteiger partial charge in [-0.3, -0.25) is 14.9 Å². The molecule has 0 atom stereocenters. The first-order valence-electron chi connectivity index (χ1n) is 10.3. The van der Waals surface area contributed by atoms with Gasteiger partial charge in [-0.15, -0.1) is 0 Å². The molecule has 174 valence electrons. The van der Waals surface area contributed by atoms with Gasteiger partial charge in [0.25, 0.3) is 11.6 Å². The average molecular weight is 488 g/mol. The number of nitrogens with one attached hydrogen (secondary N) is 1. The largest absolute Gasteiger partial charge is 0.507 e. The Bertz CT molecular complexity index is 1170. The Morgan fingerprint density at radius 3 is 2.18 bits per heavy atom. The van der Waals surface area contributed by atoms with Gasteiger partial charge in [-0.05, 0) is 58.5 Å². The third-order valence-electron chi connectivity index (χ3n) is 5.05. The quantitative estimate of drug-likeness (QED) is 0.294. The molecule has 0 radical (unpaired) electrons. The van der Waals surface area contributed by atoms with Crippen LogP contribution in [0.1, 0.15) is 58.2 Å². The molecule has 1 aliphatic heterocycles. The molecule has 1 fully saturated rings. The standard InChI is InChI=1S/C24H26ClN3O4S/c1-23(2,3)15-9-13(10-16(20(15)29)24(4,5)6)11-19-21(30)27-22(33-19)26-17-8-7-14(25)12-18(17)28(31)32/h7-12,29H,1-6H3,(H,26,27,30)/b19-11+. The normalized spacial score (nSPS) is 17.0. The number of benzene rings is 2. The lowest BCUT2D eigenvalue weighted by Crippen LogP contribution is -2.19. The van der Waals surface area contributed by atoms with Crippen molar-refractivity contribution in [2.75, 3.05) is 0 Å². The first-order chi connectivity index (χ1) is 15.2. The number of rotatable bonds is 3. The first kappa shape index (κ1) is 24.8. The second kappa shape index (κ2) is 8.83. The Morgan fingerprint density at radius 1 is 1.09 bits per heavy atom. The number of carbonyl (C=O) groups is 1. The van der Waals surface area contributed by atoms with E-state index in [0.29, 0.717) is 4.91 Å². The van der Waals surface area contributed by atoms with Crippen molar-refractivity contribution < 1.29 is 14.8 Å². The Balaban J connectivity index is 2.03. The zero-order chi connectivity index (χ0) is 24.7. The number of aromatic hydroxyl groups is 1. The van der Waals surface area contributed by atoms with Gasteiger partial charge in [-0.1, -0.05) is 53.1 Å². The highest BCUT2D eigenvalue weighted by atomic mass is 35.5. The van der Waals surface area contributed by atoms with E-state index >= 15 is 0 Å². The van der Waals surface area contributed by atoms with Crippen LogP contribution in [0, 0.1) is 10.1 Å². The third-order valence-corrected chi connectivity index (χ3v) is 6.20. The summed E-state index contributed by atoms with van der Waals surface area (Å²) in [6, 6.07) is 7.92. The number of phenolic OH excluding ortho intramolecular Hbond substituents is 1. The molecule has 2 aromatic rings.